The van der Waals surface area contributed by atoms with Crippen LogP contribution in [0.2, 0.25) is 0 Å². The number of piperidine rings is 1. The van der Waals surface area contributed by atoms with Crippen molar-refractivity contribution in [2.75, 3.05) is 13.1 Å². The van der Waals surface area contributed by atoms with E-state index in [1.165, 1.54) is 24.3 Å². The Morgan fingerprint density at radius 1 is 1.00 bits per heavy atom. The van der Waals surface area contributed by atoms with Gasteiger partial charge in [-0.15, -0.1) is 0 Å². The van der Waals surface area contributed by atoms with E-state index in [9.17, 15) is 22.4 Å². The number of alkyl halides is 3. The number of carbonyl (C=O) groups is 1. The number of carbonyl (C=O) groups excluding carboxylic acids is 1. The molecule has 0 aliphatic carbocycles. The van der Waals surface area contributed by atoms with Crippen molar-refractivity contribution in [1.29, 1.82) is 0 Å². The summed E-state index contributed by atoms with van der Waals surface area (Å²) in [4.78, 5) is 23.5. The molecule has 0 bridgehead atoms. The molecule has 1 amide bonds. The molecule has 1 aliphatic rings. The average molecular weight is 510 g/mol. The third-order valence-corrected chi connectivity index (χ3v) is 6.45. The molecule has 190 valence electrons. The van der Waals surface area contributed by atoms with Crippen molar-refractivity contribution in [2.24, 2.45) is 0 Å². The number of benzene rings is 2. The predicted octanol–water partition coefficient (Wildman–Crippen LogP) is 5.44. The summed E-state index contributed by atoms with van der Waals surface area (Å²) in [6, 6.07) is 14.3. The molecule has 0 radical (unpaired) electrons. The predicted molar refractivity (Wildman–Crippen MR) is 128 cm³/mol. The van der Waals surface area contributed by atoms with Crippen LogP contribution in [0.15, 0.2) is 73.1 Å². The summed E-state index contributed by atoms with van der Waals surface area (Å²) < 4.78 is 53.7. The number of amides is 1. The van der Waals surface area contributed by atoms with Crippen LogP contribution in [-0.2, 0) is 17.4 Å². The first-order valence-electron chi connectivity index (χ1n) is 11.8. The van der Waals surface area contributed by atoms with Gasteiger partial charge in [0.1, 0.15) is 5.82 Å². The lowest BCUT2D eigenvalue weighted by molar-refractivity contribution is -0.137. The Kier molecular flexibility index (Phi) is 6.73. The van der Waals surface area contributed by atoms with E-state index >= 15 is 0 Å². The fourth-order valence-corrected chi connectivity index (χ4v) is 4.55. The summed E-state index contributed by atoms with van der Waals surface area (Å²) in [6.45, 7) is 0.998. The minimum Gasteiger partial charge on any atom is -0.342 e. The summed E-state index contributed by atoms with van der Waals surface area (Å²) in [5.41, 5.74) is 1.99. The minimum atomic E-state index is -4.42. The van der Waals surface area contributed by atoms with E-state index < -0.39 is 11.7 Å². The molecule has 3 heterocycles. The van der Waals surface area contributed by atoms with Gasteiger partial charge in [-0.1, -0.05) is 12.1 Å². The van der Waals surface area contributed by atoms with Gasteiger partial charge in [-0.05, 0) is 66.9 Å². The first kappa shape index (κ1) is 24.6. The Hall–Kier alpha value is -4.08. The van der Waals surface area contributed by atoms with Gasteiger partial charge < -0.3 is 4.90 Å². The lowest BCUT2D eigenvalue weighted by atomic mass is 9.93. The zero-order valence-electron chi connectivity index (χ0n) is 19.7. The van der Waals surface area contributed by atoms with Crippen LogP contribution < -0.4 is 0 Å². The molecule has 1 saturated heterocycles. The van der Waals surface area contributed by atoms with E-state index in [1.807, 2.05) is 6.07 Å². The van der Waals surface area contributed by atoms with Crippen LogP contribution in [0.5, 0.6) is 0 Å². The number of halogens is 4. The Morgan fingerprint density at radius 3 is 2.38 bits per heavy atom. The van der Waals surface area contributed by atoms with Crippen LogP contribution in [0.1, 0.15) is 35.6 Å². The maximum Gasteiger partial charge on any atom is 0.416 e. The molecule has 1 aliphatic heterocycles. The van der Waals surface area contributed by atoms with Gasteiger partial charge in [0.15, 0.2) is 0 Å². The van der Waals surface area contributed by atoms with E-state index in [1.54, 1.807) is 40.2 Å². The van der Waals surface area contributed by atoms with Gasteiger partial charge in [0.2, 0.25) is 5.91 Å². The molecule has 4 aromatic rings. The summed E-state index contributed by atoms with van der Waals surface area (Å²) in [5, 5.41) is 4.70. The third-order valence-electron chi connectivity index (χ3n) is 6.45. The summed E-state index contributed by atoms with van der Waals surface area (Å²) in [7, 11) is 0. The van der Waals surface area contributed by atoms with E-state index in [2.05, 4.69) is 9.97 Å². The van der Waals surface area contributed by atoms with Crippen molar-refractivity contribution >= 4 is 5.91 Å². The lowest BCUT2D eigenvalue weighted by Gasteiger charge is -2.33. The molecular weight excluding hydrogens is 486 g/mol. The normalized spacial score (nSPS) is 16.1. The highest BCUT2D eigenvalue weighted by atomic mass is 19.4. The molecule has 1 atom stereocenters. The van der Waals surface area contributed by atoms with Gasteiger partial charge in [-0.3, -0.25) is 4.79 Å². The second kappa shape index (κ2) is 10.1. The number of aromatic nitrogens is 4. The average Bonchev–Trinajstić information content (AvgIpc) is 3.35. The molecule has 0 N–H and O–H groups in total. The molecule has 0 saturated carbocycles. The number of rotatable bonds is 5. The van der Waals surface area contributed by atoms with Crippen molar-refractivity contribution in [1.82, 2.24) is 24.6 Å². The number of nitrogens with zero attached hydrogens (tertiary/aromatic N) is 5. The van der Waals surface area contributed by atoms with Crippen molar-refractivity contribution in [2.45, 2.75) is 31.4 Å². The van der Waals surface area contributed by atoms with Gasteiger partial charge >= 0.3 is 6.18 Å². The van der Waals surface area contributed by atoms with Gasteiger partial charge in [0, 0.05) is 37.0 Å². The molecule has 10 heteroatoms. The molecule has 37 heavy (non-hydrogen) atoms. The number of likely N-dealkylation sites (tertiary alicyclic amines) is 1. The molecule has 2 aromatic carbocycles. The first-order valence-corrected chi connectivity index (χ1v) is 11.8. The quantitative estimate of drug-likeness (QED) is 0.337. The van der Waals surface area contributed by atoms with Crippen LogP contribution in [0, 0.1) is 5.82 Å². The van der Waals surface area contributed by atoms with E-state index in [-0.39, 0.29) is 24.1 Å². The highest BCUT2D eigenvalue weighted by Gasteiger charge is 2.31. The van der Waals surface area contributed by atoms with Gasteiger partial charge in [0.25, 0.3) is 5.95 Å². The van der Waals surface area contributed by atoms with Crippen molar-refractivity contribution in [3.8, 4) is 17.2 Å². The van der Waals surface area contributed by atoms with E-state index in [0.29, 0.717) is 30.3 Å². The molecule has 1 unspecified atom stereocenters. The smallest absolute Gasteiger partial charge is 0.342 e. The highest BCUT2D eigenvalue weighted by Crippen LogP contribution is 2.32. The zero-order chi connectivity index (χ0) is 26.0. The summed E-state index contributed by atoms with van der Waals surface area (Å²) in [6.07, 6.45) is 0.410. The maximum atomic E-state index is 13.5. The first-order chi connectivity index (χ1) is 17.8. The topological polar surface area (TPSA) is 63.9 Å². The maximum absolute atomic E-state index is 13.5. The van der Waals surface area contributed by atoms with Crippen molar-refractivity contribution in [3.63, 3.8) is 0 Å². The van der Waals surface area contributed by atoms with Crippen LogP contribution in [0.3, 0.4) is 0 Å². The monoisotopic (exact) mass is 509 g/mol. The fraction of sp³-hybridized carbons (Fsp3) is 0.259. The van der Waals surface area contributed by atoms with Crippen LogP contribution in [0.25, 0.3) is 17.2 Å². The largest absolute Gasteiger partial charge is 0.416 e. The van der Waals surface area contributed by atoms with Crippen LogP contribution in [-0.4, -0.2) is 43.6 Å². The van der Waals surface area contributed by atoms with Gasteiger partial charge in [-0.25, -0.2) is 19.0 Å². The minimum absolute atomic E-state index is 0.0206. The molecular formula is C27H23F4N5O. The van der Waals surface area contributed by atoms with Crippen LogP contribution in [0.4, 0.5) is 17.6 Å². The van der Waals surface area contributed by atoms with Gasteiger partial charge in [-0.2, -0.15) is 18.3 Å². The molecule has 6 nitrogen and oxygen atoms in total. The molecule has 1 fully saturated rings. The fourth-order valence-electron chi connectivity index (χ4n) is 4.55. The van der Waals surface area contributed by atoms with Crippen LogP contribution >= 0.6 is 0 Å². The molecule has 0 spiro atoms. The second-order valence-corrected chi connectivity index (χ2v) is 8.97. The Bertz CT molecular complexity index is 1370. The SMILES string of the molecule is O=C(Cc1ccc(C(F)(F)F)cc1)N1CCCC(c2cc(-c3ccc(F)cc3)nn2-c2ncccn2)C1. The highest BCUT2D eigenvalue weighted by molar-refractivity contribution is 5.79. The van der Waals surface area contributed by atoms with E-state index in [0.717, 1.165) is 36.2 Å². The summed E-state index contributed by atoms with van der Waals surface area (Å²) >= 11 is 0. The lowest BCUT2D eigenvalue weighted by Crippen LogP contribution is -2.40. The summed E-state index contributed by atoms with van der Waals surface area (Å²) in [5.74, 6) is -0.163. The molecule has 5 rings (SSSR count). The Balaban J connectivity index is 1.38. The van der Waals surface area contributed by atoms with Gasteiger partial charge in [0.05, 0.1) is 23.4 Å². The second-order valence-electron chi connectivity index (χ2n) is 8.97. The zero-order valence-corrected chi connectivity index (χ0v) is 19.7. The third kappa shape index (κ3) is 5.52. The van der Waals surface area contributed by atoms with Crippen molar-refractivity contribution < 1.29 is 22.4 Å². The number of hydrogen-bond donors (Lipinski definition) is 0. The number of hydrogen-bond acceptors (Lipinski definition) is 4. The Morgan fingerprint density at radius 2 is 1.70 bits per heavy atom. The Labute approximate surface area is 210 Å². The van der Waals surface area contributed by atoms with E-state index in [4.69, 9.17) is 5.10 Å². The standard InChI is InChI=1S/C27H23F4N5O/c28-22-10-6-19(7-11-22)23-16-24(36(34-23)26-32-12-2-13-33-26)20-3-1-14-35(17-20)25(37)15-18-4-8-21(9-5-18)27(29,30)31/h2,4-13,16,20H,1,3,14-15,17H2. The molecule has 2 aromatic heterocycles. The van der Waals surface area contributed by atoms with Crippen molar-refractivity contribution in [3.05, 3.63) is 95.7 Å².